The van der Waals surface area contributed by atoms with E-state index >= 15 is 0 Å². The maximum absolute atomic E-state index is 9.42. The maximum Gasteiger partial charge on any atom is 0.327 e. The second kappa shape index (κ2) is 5.10. The Morgan fingerprint density at radius 1 is 0.833 bits per heavy atom. The molecular formula is C14H10BOS2. The largest absolute Gasteiger partial charge is 0.450 e. The summed E-state index contributed by atoms with van der Waals surface area (Å²) in [5.74, 6) is 0. The highest BCUT2D eigenvalue weighted by molar-refractivity contribution is 7.14. The predicted octanol–water partition coefficient (Wildman–Crippen LogP) is 3.38. The number of benzene rings is 1. The summed E-state index contributed by atoms with van der Waals surface area (Å²) in [5, 5.41) is 13.6. The van der Waals surface area contributed by atoms with Crippen molar-refractivity contribution in [2.24, 2.45) is 0 Å². The zero-order chi connectivity index (χ0) is 12.4. The van der Waals surface area contributed by atoms with Gasteiger partial charge in [-0.3, -0.25) is 0 Å². The normalized spacial score (nSPS) is 10.5. The van der Waals surface area contributed by atoms with E-state index in [1.54, 1.807) is 22.7 Å². The van der Waals surface area contributed by atoms with Crippen molar-refractivity contribution in [2.75, 3.05) is 0 Å². The van der Waals surface area contributed by atoms with Crippen LogP contribution in [0.3, 0.4) is 0 Å². The van der Waals surface area contributed by atoms with Gasteiger partial charge in [-0.1, -0.05) is 30.3 Å². The van der Waals surface area contributed by atoms with E-state index in [1.165, 1.54) is 22.8 Å². The van der Waals surface area contributed by atoms with Gasteiger partial charge >= 0.3 is 7.48 Å². The lowest BCUT2D eigenvalue weighted by Gasteiger charge is -2.10. The fourth-order valence-corrected chi connectivity index (χ4v) is 3.58. The van der Waals surface area contributed by atoms with Crippen LogP contribution in [0.4, 0.5) is 0 Å². The van der Waals surface area contributed by atoms with Crippen molar-refractivity contribution in [1.29, 1.82) is 0 Å². The first-order valence-corrected chi connectivity index (χ1v) is 7.34. The lowest BCUT2D eigenvalue weighted by Crippen LogP contribution is -2.16. The monoisotopic (exact) mass is 269 g/mol. The van der Waals surface area contributed by atoms with Crippen molar-refractivity contribution in [3.8, 4) is 20.9 Å². The topological polar surface area (TPSA) is 20.2 Å². The van der Waals surface area contributed by atoms with Crippen LogP contribution in [0.1, 0.15) is 0 Å². The molecule has 3 rings (SSSR count). The highest BCUT2D eigenvalue weighted by Crippen LogP contribution is 2.35. The van der Waals surface area contributed by atoms with Gasteiger partial charge in [0.25, 0.3) is 0 Å². The summed E-state index contributed by atoms with van der Waals surface area (Å²) >= 11 is 3.41. The van der Waals surface area contributed by atoms with E-state index in [2.05, 4.69) is 29.0 Å². The Kier molecular flexibility index (Phi) is 3.32. The van der Waals surface area contributed by atoms with Gasteiger partial charge < -0.3 is 5.02 Å². The van der Waals surface area contributed by atoms with Crippen molar-refractivity contribution in [3.63, 3.8) is 0 Å². The van der Waals surface area contributed by atoms with E-state index < -0.39 is 0 Å². The molecule has 1 N–H and O–H groups in total. The Hall–Kier alpha value is -1.36. The van der Waals surface area contributed by atoms with Crippen molar-refractivity contribution >= 4 is 35.6 Å². The molecule has 4 heteroatoms. The Morgan fingerprint density at radius 2 is 1.56 bits per heavy atom. The fraction of sp³-hybridized carbons (Fsp3) is 0. The Morgan fingerprint density at radius 3 is 2.17 bits per heavy atom. The zero-order valence-corrected chi connectivity index (χ0v) is 11.2. The second-order valence-electron chi connectivity index (χ2n) is 3.85. The van der Waals surface area contributed by atoms with Crippen LogP contribution in [-0.2, 0) is 0 Å². The third kappa shape index (κ3) is 2.03. The van der Waals surface area contributed by atoms with Crippen LogP contribution in [0.15, 0.2) is 53.2 Å². The minimum atomic E-state index is 0.864. The van der Waals surface area contributed by atoms with Crippen LogP contribution in [0.2, 0.25) is 0 Å². The first kappa shape index (κ1) is 11.7. The molecule has 1 aromatic carbocycles. The highest BCUT2D eigenvalue weighted by atomic mass is 32.1. The maximum atomic E-state index is 9.42. The van der Waals surface area contributed by atoms with Crippen molar-refractivity contribution in [3.05, 3.63) is 53.2 Å². The molecule has 0 amide bonds. The number of rotatable bonds is 3. The highest BCUT2D eigenvalue weighted by Gasteiger charge is 2.13. The fourth-order valence-electron chi connectivity index (χ4n) is 2.01. The quantitative estimate of drug-likeness (QED) is 0.723. The van der Waals surface area contributed by atoms with Crippen molar-refractivity contribution in [2.45, 2.75) is 0 Å². The smallest absolute Gasteiger partial charge is 0.327 e. The minimum absolute atomic E-state index is 0.864. The molecule has 0 saturated heterocycles. The number of thiophene rings is 2. The summed E-state index contributed by atoms with van der Waals surface area (Å²) < 4.78 is 0. The molecule has 0 fully saturated rings. The third-order valence-electron chi connectivity index (χ3n) is 2.79. The van der Waals surface area contributed by atoms with E-state index in [4.69, 9.17) is 0 Å². The summed E-state index contributed by atoms with van der Waals surface area (Å²) in [6, 6.07) is 14.3. The van der Waals surface area contributed by atoms with Crippen LogP contribution in [-0.4, -0.2) is 12.5 Å². The molecule has 0 saturated carbocycles. The van der Waals surface area contributed by atoms with Gasteiger partial charge in [-0.05, 0) is 39.5 Å². The molecule has 1 radical (unpaired) electrons. The van der Waals surface area contributed by atoms with Gasteiger partial charge in [0, 0.05) is 9.75 Å². The Bertz CT molecular complexity index is 630. The summed E-state index contributed by atoms with van der Waals surface area (Å²) in [4.78, 5) is 2.40. The van der Waals surface area contributed by atoms with E-state index in [-0.39, 0.29) is 0 Å². The Labute approximate surface area is 115 Å². The summed E-state index contributed by atoms with van der Waals surface area (Å²) in [7, 11) is 1.19. The van der Waals surface area contributed by atoms with Crippen LogP contribution < -0.4 is 5.46 Å². The van der Waals surface area contributed by atoms with Gasteiger partial charge in [0.05, 0.1) is 0 Å². The Balaban J connectivity index is 2.26. The molecule has 1 nitrogen and oxygen atoms in total. The van der Waals surface area contributed by atoms with E-state index in [1.807, 2.05) is 24.3 Å². The van der Waals surface area contributed by atoms with Gasteiger partial charge in [0.1, 0.15) is 0 Å². The molecular weight excluding hydrogens is 259 g/mol. The molecule has 3 aromatic rings. The second-order valence-corrected chi connectivity index (χ2v) is 5.75. The summed E-state index contributed by atoms with van der Waals surface area (Å²) in [6.45, 7) is 0. The summed E-state index contributed by atoms with van der Waals surface area (Å²) in [6.07, 6.45) is 0. The molecule has 0 aliphatic rings. The van der Waals surface area contributed by atoms with Crippen molar-refractivity contribution < 1.29 is 5.02 Å². The van der Waals surface area contributed by atoms with Gasteiger partial charge in [-0.15, -0.1) is 22.7 Å². The van der Waals surface area contributed by atoms with E-state index in [9.17, 15) is 5.02 Å². The molecule has 0 aliphatic heterocycles. The average molecular weight is 269 g/mol. The lowest BCUT2D eigenvalue weighted by molar-refractivity contribution is 0.615. The molecule has 0 atom stereocenters. The van der Waals surface area contributed by atoms with Crippen molar-refractivity contribution in [1.82, 2.24) is 0 Å². The van der Waals surface area contributed by atoms with E-state index in [0.717, 1.165) is 11.0 Å². The molecule has 0 bridgehead atoms. The van der Waals surface area contributed by atoms with Crippen LogP contribution in [0.25, 0.3) is 20.9 Å². The molecule has 2 aromatic heterocycles. The molecule has 87 valence electrons. The first-order chi connectivity index (χ1) is 8.90. The standard InChI is InChI=1S/C14H10BOS2/c16-15-11-5-1-4-10(12-6-2-8-17-12)14(11)13-7-3-9-18-13/h1-9,16H. The molecule has 0 aliphatic carbocycles. The number of hydrogen-bond acceptors (Lipinski definition) is 3. The molecule has 2 heterocycles. The van der Waals surface area contributed by atoms with Gasteiger partial charge in [-0.2, -0.15) is 0 Å². The zero-order valence-electron chi connectivity index (χ0n) is 9.54. The molecule has 0 unspecified atom stereocenters. The van der Waals surface area contributed by atoms with Crippen LogP contribution in [0, 0.1) is 0 Å². The molecule has 18 heavy (non-hydrogen) atoms. The summed E-state index contributed by atoms with van der Waals surface area (Å²) in [5.41, 5.74) is 3.15. The van der Waals surface area contributed by atoms with Crippen LogP contribution >= 0.6 is 22.7 Å². The van der Waals surface area contributed by atoms with Gasteiger partial charge in [-0.25, -0.2) is 0 Å². The SMILES string of the molecule is O[B]c1cccc(-c2cccs2)c1-c1cccs1. The lowest BCUT2D eigenvalue weighted by atomic mass is 9.81. The van der Waals surface area contributed by atoms with Gasteiger partial charge in [0.15, 0.2) is 0 Å². The third-order valence-corrected chi connectivity index (χ3v) is 4.58. The first-order valence-electron chi connectivity index (χ1n) is 5.58. The van der Waals surface area contributed by atoms with Gasteiger partial charge in [0.2, 0.25) is 0 Å². The molecule has 0 spiro atoms. The average Bonchev–Trinajstić information content (AvgIpc) is 3.10. The predicted molar refractivity (Wildman–Crippen MR) is 80.7 cm³/mol. The minimum Gasteiger partial charge on any atom is -0.450 e. The van der Waals surface area contributed by atoms with E-state index in [0.29, 0.717) is 0 Å². The van der Waals surface area contributed by atoms with Crippen LogP contribution in [0.5, 0.6) is 0 Å². The number of hydrogen-bond donors (Lipinski definition) is 1.